The number of fused-ring (bicyclic) bond motifs is 2. The molecule has 0 heterocycles. The normalized spacial score (nSPS) is 10.0. The van der Waals surface area contributed by atoms with Crippen molar-refractivity contribution in [1.82, 2.24) is 0 Å². The maximum absolute atomic E-state index is 5.34. The van der Waals surface area contributed by atoms with Crippen LogP contribution in [0.1, 0.15) is 29.2 Å². The van der Waals surface area contributed by atoms with Gasteiger partial charge < -0.3 is 0 Å². The molecule has 0 amide bonds. The topological polar surface area (TPSA) is 0 Å². The first kappa shape index (κ1) is 22.1. The zero-order valence-electron chi connectivity index (χ0n) is 16.6. The van der Waals surface area contributed by atoms with Crippen molar-refractivity contribution in [2.24, 2.45) is 0 Å². The third-order valence-electron chi connectivity index (χ3n) is 4.44. The number of hydrogen-bond acceptors (Lipinski definition) is 0. The Kier molecular flexibility index (Phi) is 8.51. The third-order valence-corrected chi connectivity index (χ3v) is 6.93. The van der Waals surface area contributed by atoms with E-state index in [0.29, 0.717) is 0 Å². The van der Waals surface area contributed by atoms with Gasteiger partial charge in [-0.1, -0.05) is 37.1 Å². The van der Waals surface area contributed by atoms with Gasteiger partial charge in [-0.3, -0.25) is 0 Å². The fraction of sp³-hybridized carbons (Fsp3) is 0.208. The molecule has 0 nitrogen and oxygen atoms in total. The Morgan fingerprint density at radius 1 is 0.741 bits per heavy atom. The molecule has 0 spiro atoms. The van der Waals surface area contributed by atoms with Crippen LogP contribution in [0.5, 0.6) is 0 Å². The summed E-state index contributed by atoms with van der Waals surface area (Å²) >= 11 is -1.54. The molecule has 0 atom stereocenters. The second-order valence-electron chi connectivity index (χ2n) is 6.80. The molecule has 3 heteroatoms. The molecule has 4 aromatic carbocycles. The Morgan fingerprint density at radius 3 is 1.41 bits per heavy atom. The quantitative estimate of drug-likeness (QED) is 0.194. The maximum Gasteiger partial charge on any atom is -0.0488 e. The van der Waals surface area contributed by atoms with E-state index in [0.717, 1.165) is 0 Å². The predicted molar refractivity (Wildman–Crippen MR) is 121 cm³/mol. The summed E-state index contributed by atoms with van der Waals surface area (Å²) in [6.45, 7) is 10.5. The van der Waals surface area contributed by atoms with Crippen LogP contribution in [0.25, 0.3) is 21.5 Å². The first-order chi connectivity index (χ1) is 12.8. The Labute approximate surface area is 176 Å². The second-order valence-corrected chi connectivity index (χ2v) is 12.8. The van der Waals surface area contributed by atoms with Gasteiger partial charge >= 0.3 is 45.1 Å². The summed E-state index contributed by atoms with van der Waals surface area (Å²) in [4.78, 5) is 0. The molecule has 142 valence electrons. The van der Waals surface area contributed by atoms with Gasteiger partial charge in [-0.2, -0.15) is 12.1 Å². The van der Waals surface area contributed by atoms with E-state index in [4.69, 9.17) is 18.6 Å². The number of rotatable bonds is 0. The number of aryl methyl sites for hydroxylation is 4. The molecule has 0 radical (unpaired) electrons. The Hall–Kier alpha value is -1.18. The van der Waals surface area contributed by atoms with Crippen molar-refractivity contribution >= 4 is 44.5 Å². The van der Waals surface area contributed by atoms with Crippen LogP contribution in [0.3, 0.4) is 0 Å². The van der Waals surface area contributed by atoms with Gasteiger partial charge in [0.1, 0.15) is 0 Å². The van der Waals surface area contributed by atoms with Gasteiger partial charge in [0.05, 0.1) is 0 Å². The van der Waals surface area contributed by atoms with Gasteiger partial charge in [0.2, 0.25) is 0 Å². The molecular formula is C24H26Cl2Ti-2. The van der Waals surface area contributed by atoms with Gasteiger partial charge in [-0.15, -0.1) is 69.1 Å². The van der Waals surface area contributed by atoms with Crippen molar-refractivity contribution in [2.75, 3.05) is 0 Å². The van der Waals surface area contributed by atoms with E-state index in [9.17, 15) is 0 Å². The summed E-state index contributed by atoms with van der Waals surface area (Å²) in [6, 6.07) is 21.8. The molecule has 0 saturated heterocycles. The average Bonchev–Trinajstić information content (AvgIpc) is 3.19. The van der Waals surface area contributed by atoms with Crippen molar-refractivity contribution in [2.45, 2.75) is 34.6 Å². The van der Waals surface area contributed by atoms with Gasteiger partial charge in [-0.05, 0) is 13.8 Å². The third kappa shape index (κ3) is 6.44. The fourth-order valence-electron chi connectivity index (χ4n) is 3.08. The number of halogens is 2. The molecule has 0 aliphatic carbocycles. The first-order valence-corrected chi connectivity index (χ1v) is 14.2. The van der Waals surface area contributed by atoms with Crippen LogP contribution in [0.15, 0.2) is 60.7 Å². The summed E-state index contributed by atoms with van der Waals surface area (Å²) in [5.41, 5.74) is 5.45. The van der Waals surface area contributed by atoms with Crippen LogP contribution in [0.4, 0.5) is 0 Å². The SMILES string of the molecule is C[CH]=[Ti]([Cl])[Cl].Cc1cc2c(C)cccc2[cH-]1.Cc1cc2c(C)cccc2[cH-]1. The molecule has 4 rings (SSSR count). The Bertz CT molecular complexity index is 969. The van der Waals surface area contributed by atoms with Crippen molar-refractivity contribution in [3.63, 3.8) is 0 Å². The summed E-state index contributed by atoms with van der Waals surface area (Å²) in [6.07, 6.45) is 0. The molecule has 0 N–H and O–H groups in total. The molecule has 0 aromatic heterocycles. The van der Waals surface area contributed by atoms with E-state index in [-0.39, 0.29) is 0 Å². The van der Waals surface area contributed by atoms with Crippen LogP contribution in [0, 0.1) is 27.7 Å². The summed E-state index contributed by atoms with van der Waals surface area (Å²) < 4.78 is 1.86. The first-order valence-electron chi connectivity index (χ1n) is 9.04. The maximum atomic E-state index is 5.34. The van der Waals surface area contributed by atoms with Crippen molar-refractivity contribution in [3.8, 4) is 0 Å². The summed E-state index contributed by atoms with van der Waals surface area (Å²) in [5.74, 6) is 0. The van der Waals surface area contributed by atoms with Gasteiger partial charge in [0.15, 0.2) is 0 Å². The van der Waals surface area contributed by atoms with Gasteiger partial charge in [0.25, 0.3) is 0 Å². The monoisotopic (exact) mass is 432 g/mol. The minimum Gasteiger partial charge on any atom is -0.165 e. The van der Waals surface area contributed by atoms with Crippen molar-refractivity contribution < 1.29 is 15.3 Å². The molecule has 4 aromatic rings. The minimum atomic E-state index is -1.54. The van der Waals surface area contributed by atoms with Crippen LogP contribution >= 0.6 is 18.6 Å². The zero-order valence-corrected chi connectivity index (χ0v) is 19.7. The van der Waals surface area contributed by atoms with Crippen molar-refractivity contribution in [1.29, 1.82) is 0 Å². The van der Waals surface area contributed by atoms with E-state index in [1.165, 1.54) is 43.8 Å². The van der Waals surface area contributed by atoms with E-state index < -0.39 is 15.3 Å². The van der Waals surface area contributed by atoms with Crippen molar-refractivity contribution in [3.05, 3.63) is 82.9 Å². The van der Waals surface area contributed by atoms with Gasteiger partial charge in [0, 0.05) is 0 Å². The second kappa shape index (κ2) is 10.4. The number of benzene rings is 2. The van der Waals surface area contributed by atoms with Crippen LogP contribution in [-0.4, -0.2) is 4.31 Å². The molecule has 0 bridgehead atoms. The standard InChI is InChI=1S/2C11H11.C2H4.2ClH.Ti/c2*1-8-6-10-5-3-4-9(2)11(10)7-8;1-2;;;/h2*3-7H,1-2H3;1H,2H3;2*1H;/q2*-1;;;;+2/p-2. The predicted octanol–water partition coefficient (Wildman–Crippen LogP) is 8.09. The van der Waals surface area contributed by atoms with E-state index >= 15 is 0 Å². The zero-order chi connectivity index (χ0) is 20.0. The molecule has 0 saturated carbocycles. The smallest absolute Gasteiger partial charge is 0.0488 e. The van der Waals surface area contributed by atoms with Crippen LogP contribution in [0.2, 0.25) is 0 Å². The minimum absolute atomic E-state index is 1.36. The largest absolute Gasteiger partial charge is 0.165 e. The van der Waals surface area contributed by atoms with Crippen LogP contribution < -0.4 is 0 Å². The van der Waals surface area contributed by atoms with E-state index in [2.05, 4.69) is 88.4 Å². The fourth-order valence-corrected chi connectivity index (χ4v) is 3.08. The van der Waals surface area contributed by atoms with Gasteiger partial charge in [-0.25, -0.2) is 0 Å². The number of hydrogen-bond donors (Lipinski definition) is 0. The average molecular weight is 433 g/mol. The molecule has 27 heavy (non-hydrogen) atoms. The Morgan fingerprint density at radius 2 is 1.11 bits per heavy atom. The molecule has 0 aliphatic rings. The summed E-state index contributed by atoms with van der Waals surface area (Å²) in [5, 5.41) is 5.51. The molecule has 0 fully saturated rings. The Balaban J connectivity index is 0.000000157. The molecular weight excluding hydrogens is 407 g/mol. The molecule has 0 unspecified atom stereocenters. The van der Waals surface area contributed by atoms with Crippen LogP contribution in [-0.2, 0) is 15.3 Å². The summed E-state index contributed by atoms with van der Waals surface area (Å²) in [7, 11) is 10.7. The van der Waals surface area contributed by atoms with E-state index in [1.807, 2.05) is 11.2 Å². The molecule has 0 aliphatic heterocycles. The van der Waals surface area contributed by atoms with E-state index in [1.54, 1.807) is 0 Å².